The van der Waals surface area contributed by atoms with Gasteiger partial charge in [0.15, 0.2) is 24.6 Å². The third-order valence-electron chi connectivity index (χ3n) is 13.5. The van der Waals surface area contributed by atoms with E-state index in [0.717, 1.165) is 96.3 Å². The molecule has 0 amide bonds. The average molecular weight is 1010 g/mol. The molecule has 0 bridgehead atoms. The van der Waals surface area contributed by atoms with Gasteiger partial charge in [-0.25, -0.2) is 4.79 Å². The molecule has 3 N–H and O–H groups in total. The van der Waals surface area contributed by atoms with Gasteiger partial charge in [0.25, 0.3) is 0 Å². The largest absolute Gasteiger partial charge is 0.479 e. The van der Waals surface area contributed by atoms with Crippen molar-refractivity contribution in [3.63, 3.8) is 0 Å². The minimum absolute atomic E-state index is 0.0655. The van der Waals surface area contributed by atoms with Crippen molar-refractivity contribution in [3.8, 4) is 0 Å². The monoisotopic (exact) mass is 1010 g/mol. The van der Waals surface area contributed by atoms with Crippen LogP contribution in [0.25, 0.3) is 0 Å². The lowest BCUT2D eigenvalue weighted by Gasteiger charge is -2.40. The molecule has 0 radical (unpaired) electrons. The fraction of sp³-hybridized carbons (Fsp3) is 0.864. The van der Waals surface area contributed by atoms with Crippen LogP contribution in [0, 0.1) is 0 Å². The van der Waals surface area contributed by atoms with E-state index in [9.17, 15) is 34.5 Å². The van der Waals surface area contributed by atoms with E-state index in [4.69, 9.17) is 23.7 Å². The van der Waals surface area contributed by atoms with E-state index in [1.54, 1.807) is 0 Å². The molecule has 1 heterocycles. The predicted molar refractivity (Wildman–Crippen MR) is 285 cm³/mol. The van der Waals surface area contributed by atoms with Crippen LogP contribution in [0.5, 0.6) is 0 Å². The number of aliphatic hydroxyl groups excluding tert-OH is 2. The van der Waals surface area contributed by atoms with E-state index in [2.05, 4.69) is 45.1 Å². The van der Waals surface area contributed by atoms with Gasteiger partial charge >= 0.3 is 23.9 Å². The summed E-state index contributed by atoms with van der Waals surface area (Å²) in [6.45, 7) is 5.92. The summed E-state index contributed by atoms with van der Waals surface area (Å²) in [6.07, 6.45) is 41.6. The first kappa shape index (κ1) is 66.2. The highest BCUT2D eigenvalue weighted by Crippen LogP contribution is 2.26. The Kier molecular flexibility index (Phi) is 44.9. The highest BCUT2D eigenvalue weighted by molar-refractivity contribution is 5.74. The molecule has 6 atom stereocenters. The Hall–Kier alpha value is -2.80. The van der Waals surface area contributed by atoms with Gasteiger partial charge in [-0.05, 0) is 57.8 Å². The number of aliphatic carboxylic acids is 1. The quantitative estimate of drug-likeness (QED) is 0.0228. The van der Waals surface area contributed by atoms with Crippen LogP contribution in [0.1, 0.15) is 278 Å². The zero-order valence-corrected chi connectivity index (χ0v) is 45.5. The van der Waals surface area contributed by atoms with E-state index in [1.807, 2.05) is 0 Å². The fourth-order valence-electron chi connectivity index (χ4n) is 8.92. The predicted octanol–water partition coefficient (Wildman–Crippen LogP) is 14.7. The van der Waals surface area contributed by atoms with E-state index in [0.29, 0.717) is 19.3 Å². The van der Waals surface area contributed by atoms with E-state index < -0.39 is 67.3 Å². The summed E-state index contributed by atoms with van der Waals surface area (Å²) in [5.74, 6) is -3.12. The standard InChI is InChI=1S/C59H106O12/c1-4-7-10-13-16-19-22-23-24-25-26-27-28-29-32-35-38-41-44-47-53(62)70-57-55(64)54(63)56(58(65)66)71-59(57)68-49-50(69-52(61)46-43-40-37-34-31-21-18-15-12-9-6-3)48-67-51(60)45-42-39-36-33-30-20-17-14-11-8-5-2/h14-15,17-18,50,54-57,59,63-64H,4-13,16,19-49H2,1-3H3,(H,65,66)/b17-14-,18-15-. The number of esters is 3. The van der Waals surface area contributed by atoms with Crippen LogP contribution in [0.4, 0.5) is 0 Å². The summed E-state index contributed by atoms with van der Waals surface area (Å²) in [5, 5.41) is 31.4. The van der Waals surface area contributed by atoms with Crippen molar-refractivity contribution < 1.29 is 58.2 Å². The summed E-state index contributed by atoms with van der Waals surface area (Å²) in [7, 11) is 0. The minimum Gasteiger partial charge on any atom is -0.479 e. The van der Waals surface area contributed by atoms with Crippen LogP contribution >= 0.6 is 0 Å². The number of allylic oxidation sites excluding steroid dienone is 4. The molecule has 1 aliphatic heterocycles. The van der Waals surface area contributed by atoms with Crippen LogP contribution in [0.2, 0.25) is 0 Å². The van der Waals surface area contributed by atoms with Crippen LogP contribution in [-0.2, 0) is 42.9 Å². The molecule has 1 aliphatic rings. The topological polar surface area (TPSA) is 175 Å². The first-order valence-corrected chi connectivity index (χ1v) is 29.3. The second kappa shape index (κ2) is 48.2. The SMILES string of the molecule is CCCC/C=C\CCCCCCCC(=O)OCC(COC1OC(C(=O)O)C(O)C(O)C1OC(=O)CCCCCCCCCCCCCCCCCCCCC)OC(=O)CCCCCCC/C=C\CCCC. The van der Waals surface area contributed by atoms with Crippen molar-refractivity contribution in [3.05, 3.63) is 24.3 Å². The van der Waals surface area contributed by atoms with Crippen molar-refractivity contribution in [1.29, 1.82) is 0 Å². The van der Waals surface area contributed by atoms with Gasteiger partial charge in [0.05, 0.1) is 6.61 Å². The molecule has 1 fully saturated rings. The number of ether oxygens (including phenoxy) is 5. The zero-order chi connectivity index (χ0) is 51.8. The molecular formula is C59H106O12. The molecule has 6 unspecified atom stereocenters. The maximum absolute atomic E-state index is 13.1. The Morgan fingerprint density at radius 1 is 0.451 bits per heavy atom. The van der Waals surface area contributed by atoms with Gasteiger partial charge in [-0.15, -0.1) is 0 Å². The molecule has 0 aliphatic carbocycles. The van der Waals surface area contributed by atoms with Gasteiger partial charge in [0.2, 0.25) is 0 Å². The second-order valence-electron chi connectivity index (χ2n) is 20.3. The van der Waals surface area contributed by atoms with Crippen LogP contribution in [0.15, 0.2) is 24.3 Å². The summed E-state index contributed by atoms with van der Waals surface area (Å²) in [6, 6.07) is 0. The molecule has 1 rings (SSSR count). The lowest BCUT2D eigenvalue weighted by molar-refractivity contribution is -0.301. The van der Waals surface area contributed by atoms with E-state index in [-0.39, 0.29) is 25.9 Å². The van der Waals surface area contributed by atoms with E-state index >= 15 is 0 Å². The highest BCUT2D eigenvalue weighted by Gasteiger charge is 2.50. The third-order valence-corrected chi connectivity index (χ3v) is 13.5. The van der Waals surface area contributed by atoms with Gasteiger partial charge in [-0.3, -0.25) is 14.4 Å². The van der Waals surface area contributed by atoms with Crippen molar-refractivity contribution in [1.82, 2.24) is 0 Å². The molecule has 12 heteroatoms. The molecule has 71 heavy (non-hydrogen) atoms. The average Bonchev–Trinajstić information content (AvgIpc) is 3.35. The molecule has 0 aromatic heterocycles. The molecule has 1 saturated heterocycles. The van der Waals surface area contributed by atoms with Gasteiger partial charge in [0, 0.05) is 19.3 Å². The molecule has 414 valence electrons. The van der Waals surface area contributed by atoms with Crippen LogP contribution in [-0.4, -0.2) is 89.2 Å². The number of rotatable bonds is 50. The lowest BCUT2D eigenvalue weighted by Crippen LogP contribution is -2.61. The normalized spacial score (nSPS) is 18.6. The number of aliphatic hydroxyl groups is 2. The number of carboxylic acid groups (broad SMARTS) is 1. The van der Waals surface area contributed by atoms with Gasteiger partial charge in [0.1, 0.15) is 18.8 Å². The first-order chi connectivity index (χ1) is 34.6. The Morgan fingerprint density at radius 2 is 0.817 bits per heavy atom. The fourth-order valence-corrected chi connectivity index (χ4v) is 8.92. The lowest BCUT2D eigenvalue weighted by atomic mass is 9.98. The van der Waals surface area contributed by atoms with Crippen molar-refractivity contribution >= 4 is 23.9 Å². The number of hydrogen-bond acceptors (Lipinski definition) is 11. The summed E-state index contributed by atoms with van der Waals surface area (Å²) in [4.78, 5) is 50.9. The highest BCUT2D eigenvalue weighted by atomic mass is 16.7. The zero-order valence-electron chi connectivity index (χ0n) is 45.5. The molecule has 0 aromatic carbocycles. The van der Waals surface area contributed by atoms with Crippen molar-refractivity contribution in [2.75, 3.05) is 13.2 Å². The van der Waals surface area contributed by atoms with Gasteiger partial charge in [-0.1, -0.05) is 225 Å². The minimum atomic E-state index is -1.90. The second-order valence-corrected chi connectivity index (χ2v) is 20.3. The Labute approximate surface area is 432 Å². The number of unbranched alkanes of at least 4 members (excludes halogenated alkanes) is 32. The van der Waals surface area contributed by atoms with E-state index in [1.165, 1.54) is 122 Å². The number of carboxylic acids is 1. The van der Waals surface area contributed by atoms with Gasteiger partial charge < -0.3 is 39.0 Å². The summed E-state index contributed by atoms with van der Waals surface area (Å²) < 4.78 is 28.4. The molecule has 0 aromatic rings. The molecule has 0 spiro atoms. The summed E-state index contributed by atoms with van der Waals surface area (Å²) in [5.41, 5.74) is 0. The van der Waals surface area contributed by atoms with Gasteiger partial charge in [-0.2, -0.15) is 0 Å². The van der Waals surface area contributed by atoms with Crippen molar-refractivity contribution in [2.24, 2.45) is 0 Å². The Balaban J connectivity index is 2.63. The maximum atomic E-state index is 13.1. The van der Waals surface area contributed by atoms with Crippen LogP contribution in [0.3, 0.4) is 0 Å². The maximum Gasteiger partial charge on any atom is 0.335 e. The summed E-state index contributed by atoms with van der Waals surface area (Å²) >= 11 is 0. The number of carbonyl (C=O) groups excluding carboxylic acids is 3. The van der Waals surface area contributed by atoms with Crippen LogP contribution < -0.4 is 0 Å². The Bertz CT molecular complexity index is 1340. The first-order valence-electron chi connectivity index (χ1n) is 29.3. The third kappa shape index (κ3) is 38.4. The molecule has 12 nitrogen and oxygen atoms in total. The Morgan fingerprint density at radius 3 is 1.24 bits per heavy atom. The van der Waals surface area contributed by atoms with Crippen molar-refractivity contribution in [2.45, 2.75) is 314 Å². The molecule has 0 saturated carbocycles. The molecular weight excluding hydrogens is 901 g/mol. The number of hydrogen-bond donors (Lipinski definition) is 3. The number of carbonyl (C=O) groups is 4. The smallest absolute Gasteiger partial charge is 0.335 e.